The van der Waals surface area contributed by atoms with E-state index in [9.17, 15) is 0 Å². The van der Waals surface area contributed by atoms with E-state index < -0.39 is 0 Å². The summed E-state index contributed by atoms with van der Waals surface area (Å²) in [5.74, 6) is 0. The van der Waals surface area contributed by atoms with Crippen molar-refractivity contribution in [3.05, 3.63) is 28.2 Å². The minimum atomic E-state index is 0.488. The maximum absolute atomic E-state index is 8.88. The molecule has 3 nitrogen and oxygen atoms in total. The van der Waals surface area contributed by atoms with E-state index in [0.717, 1.165) is 16.7 Å². The van der Waals surface area contributed by atoms with Crippen LogP contribution in [0.5, 0.6) is 0 Å². The fourth-order valence-electron chi connectivity index (χ4n) is 1.48. The van der Waals surface area contributed by atoms with Crippen LogP contribution in [0.2, 0.25) is 0 Å². The van der Waals surface area contributed by atoms with Crippen LogP contribution in [0.25, 0.3) is 0 Å². The van der Waals surface area contributed by atoms with Crippen molar-refractivity contribution in [1.82, 2.24) is 0 Å². The number of rotatable bonds is 4. The highest BCUT2D eigenvalue weighted by atomic mass is 79.9. The SMILES string of the molecule is CCN(CCC#N)c1cc(Br)cc(C#N)c1. The highest BCUT2D eigenvalue weighted by Crippen LogP contribution is 2.22. The van der Waals surface area contributed by atoms with Crippen LogP contribution in [0.4, 0.5) is 5.69 Å². The molecule has 0 radical (unpaired) electrons. The lowest BCUT2D eigenvalue weighted by Crippen LogP contribution is -2.23. The molecule has 0 heterocycles. The van der Waals surface area contributed by atoms with Crippen LogP contribution in [0.3, 0.4) is 0 Å². The maximum Gasteiger partial charge on any atom is 0.0992 e. The summed E-state index contributed by atoms with van der Waals surface area (Å²) in [6.45, 7) is 3.54. The summed E-state index contributed by atoms with van der Waals surface area (Å²) in [7, 11) is 0. The largest absolute Gasteiger partial charge is 0.371 e. The average molecular weight is 278 g/mol. The Morgan fingerprint density at radius 2 is 2.06 bits per heavy atom. The van der Waals surface area contributed by atoms with Crippen molar-refractivity contribution < 1.29 is 0 Å². The molecular formula is C12H12BrN3. The average Bonchev–Trinajstić information content (AvgIpc) is 2.29. The van der Waals surface area contributed by atoms with Gasteiger partial charge in [0, 0.05) is 23.2 Å². The molecule has 0 saturated heterocycles. The first-order chi connectivity index (χ1) is 7.71. The standard InChI is InChI=1S/C12H12BrN3/c1-2-16(5-3-4-14)12-7-10(9-15)6-11(13)8-12/h6-8H,2-3,5H2,1H3. The number of halogens is 1. The molecular weight excluding hydrogens is 266 g/mol. The number of nitriles is 2. The summed E-state index contributed by atoms with van der Waals surface area (Å²) in [4.78, 5) is 2.08. The molecule has 1 aromatic carbocycles. The van der Waals surface area contributed by atoms with Crippen LogP contribution in [-0.2, 0) is 0 Å². The summed E-state index contributed by atoms with van der Waals surface area (Å²) in [6, 6.07) is 9.83. The van der Waals surface area contributed by atoms with E-state index in [0.29, 0.717) is 18.5 Å². The van der Waals surface area contributed by atoms with Crippen LogP contribution in [0.1, 0.15) is 18.9 Å². The fourth-order valence-corrected chi connectivity index (χ4v) is 1.96. The predicted octanol–water partition coefficient (Wildman–Crippen LogP) is 3.06. The first kappa shape index (κ1) is 12.5. The molecule has 0 unspecified atom stereocenters. The van der Waals surface area contributed by atoms with E-state index in [4.69, 9.17) is 10.5 Å². The van der Waals surface area contributed by atoms with E-state index in [1.807, 2.05) is 19.1 Å². The number of hydrogen-bond acceptors (Lipinski definition) is 3. The Labute approximate surface area is 104 Å². The second-order valence-corrected chi connectivity index (χ2v) is 4.21. The number of hydrogen-bond donors (Lipinski definition) is 0. The lowest BCUT2D eigenvalue weighted by atomic mass is 10.2. The molecule has 0 aliphatic rings. The molecule has 1 rings (SSSR count). The fraction of sp³-hybridized carbons (Fsp3) is 0.333. The molecule has 0 fully saturated rings. The summed E-state index contributed by atoms with van der Waals surface area (Å²) in [5.41, 5.74) is 1.60. The Bertz CT molecular complexity index is 443. The van der Waals surface area contributed by atoms with Crippen molar-refractivity contribution in [2.75, 3.05) is 18.0 Å². The smallest absolute Gasteiger partial charge is 0.0992 e. The third-order valence-corrected chi connectivity index (χ3v) is 2.71. The molecule has 0 amide bonds. The van der Waals surface area contributed by atoms with Crippen molar-refractivity contribution in [3.63, 3.8) is 0 Å². The predicted molar refractivity (Wildman–Crippen MR) is 67.0 cm³/mol. The van der Waals surface area contributed by atoms with Gasteiger partial charge in [0.05, 0.1) is 24.1 Å². The van der Waals surface area contributed by atoms with E-state index in [2.05, 4.69) is 33.0 Å². The molecule has 0 aliphatic heterocycles. The molecule has 0 saturated carbocycles. The summed E-state index contributed by atoms with van der Waals surface area (Å²) >= 11 is 3.38. The Kier molecular flexibility index (Phi) is 4.82. The quantitative estimate of drug-likeness (QED) is 0.850. The zero-order chi connectivity index (χ0) is 12.0. The maximum atomic E-state index is 8.88. The number of nitrogens with zero attached hydrogens (tertiary/aromatic N) is 3. The molecule has 4 heteroatoms. The van der Waals surface area contributed by atoms with Crippen molar-refractivity contribution in [2.24, 2.45) is 0 Å². The van der Waals surface area contributed by atoms with Gasteiger partial charge in [-0.15, -0.1) is 0 Å². The summed E-state index contributed by atoms with van der Waals surface area (Å²) in [6.07, 6.45) is 0.488. The Hall–Kier alpha value is -1.52. The summed E-state index contributed by atoms with van der Waals surface area (Å²) < 4.78 is 0.886. The molecule has 1 aromatic rings. The zero-order valence-electron chi connectivity index (χ0n) is 9.07. The van der Waals surface area contributed by atoms with Crippen molar-refractivity contribution in [2.45, 2.75) is 13.3 Å². The second-order valence-electron chi connectivity index (χ2n) is 3.30. The van der Waals surface area contributed by atoms with E-state index >= 15 is 0 Å². The van der Waals surface area contributed by atoms with Crippen molar-refractivity contribution in [1.29, 1.82) is 10.5 Å². The normalized spacial score (nSPS) is 9.25. The van der Waals surface area contributed by atoms with Gasteiger partial charge in [-0.05, 0) is 25.1 Å². The molecule has 0 bridgehead atoms. The van der Waals surface area contributed by atoms with Gasteiger partial charge in [-0.2, -0.15) is 10.5 Å². The van der Waals surface area contributed by atoms with Crippen LogP contribution in [-0.4, -0.2) is 13.1 Å². The van der Waals surface area contributed by atoms with Gasteiger partial charge in [0.1, 0.15) is 0 Å². The highest BCUT2D eigenvalue weighted by Gasteiger charge is 2.06. The highest BCUT2D eigenvalue weighted by molar-refractivity contribution is 9.10. The minimum Gasteiger partial charge on any atom is -0.371 e. The molecule has 82 valence electrons. The van der Waals surface area contributed by atoms with Crippen LogP contribution >= 0.6 is 15.9 Å². The first-order valence-corrected chi connectivity index (χ1v) is 5.83. The van der Waals surface area contributed by atoms with Crippen molar-refractivity contribution in [3.8, 4) is 12.1 Å². The van der Waals surface area contributed by atoms with E-state index in [-0.39, 0.29) is 0 Å². The van der Waals surface area contributed by atoms with Gasteiger partial charge in [0.15, 0.2) is 0 Å². The summed E-state index contributed by atoms with van der Waals surface area (Å²) in [5, 5.41) is 17.4. The van der Waals surface area contributed by atoms with Gasteiger partial charge >= 0.3 is 0 Å². The van der Waals surface area contributed by atoms with Gasteiger partial charge < -0.3 is 4.90 Å². The van der Waals surface area contributed by atoms with Gasteiger partial charge in [-0.3, -0.25) is 0 Å². The second kappa shape index (κ2) is 6.15. The van der Waals surface area contributed by atoms with Gasteiger partial charge in [-0.1, -0.05) is 15.9 Å². The number of benzene rings is 1. The topological polar surface area (TPSA) is 50.8 Å². The molecule has 0 spiro atoms. The number of anilines is 1. The zero-order valence-corrected chi connectivity index (χ0v) is 10.7. The van der Waals surface area contributed by atoms with Crippen LogP contribution < -0.4 is 4.90 Å². The molecule has 0 atom stereocenters. The molecule has 0 N–H and O–H groups in total. The Morgan fingerprint density at radius 1 is 1.31 bits per heavy atom. The lowest BCUT2D eigenvalue weighted by molar-refractivity contribution is 0.826. The van der Waals surface area contributed by atoms with Crippen LogP contribution in [0.15, 0.2) is 22.7 Å². The lowest BCUT2D eigenvalue weighted by Gasteiger charge is -2.22. The van der Waals surface area contributed by atoms with Gasteiger partial charge in [0.2, 0.25) is 0 Å². The van der Waals surface area contributed by atoms with E-state index in [1.165, 1.54) is 0 Å². The monoisotopic (exact) mass is 277 g/mol. The molecule has 16 heavy (non-hydrogen) atoms. The van der Waals surface area contributed by atoms with Gasteiger partial charge in [-0.25, -0.2) is 0 Å². The third-order valence-electron chi connectivity index (χ3n) is 2.25. The van der Waals surface area contributed by atoms with Crippen molar-refractivity contribution >= 4 is 21.6 Å². The van der Waals surface area contributed by atoms with Gasteiger partial charge in [0.25, 0.3) is 0 Å². The van der Waals surface area contributed by atoms with E-state index in [1.54, 1.807) is 6.07 Å². The Balaban J connectivity index is 2.97. The third kappa shape index (κ3) is 3.25. The first-order valence-electron chi connectivity index (χ1n) is 5.03. The van der Waals surface area contributed by atoms with Crippen LogP contribution in [0, 0.1) is 22.7 Å². The molecule has 0 aromatic heterocycles. The molecule has 0 aliphatic carbocycles. The minimum absolute atomic E-state index is 0.488. The Morgan fingerprint density at radius 3 is 2.62 bits per heavy atom.